The number of amides is 2. The van der Waals surface area contributed by atoms with E-state index in [1.54, 1.807) is 0 Å². The molecular weight excluding hydrogens is 234 g/mol. The van der Waals surface area contributed by atoms with Crippen LogP contribution in [0.5, 0.6) is 0 Å². The molecule has 3 saturated carbocycles. The predicted molar refractivity (Wildman–Crippen MR) is 58.5 cm³/mol. The van der Waals surface area contributed by atoms with Gasteiger partial charge >= 0.3 is 5.97 Å². The second kappa shape index (κ2) is 3.33. The van der Waals surface area contributed by atoms with Crippen LogP contribution >= 0.6 is 0 Å². The first kappa shape index (κ1) is 10.5. The number of rotatable bonds is 2. The van der Waals surface area contributed by atoms with Gasteiger partial charge in [0.05, 0.1) is 5.92 Å². The van der Waals surface area contributed by atoms with Crippen LogP contribution < -0.4 is 0 Å². The number of carbonyl (C=O) groups is 3. The van der Waals surface area contributed by atoms with Crippen LogP contribution in [0.25, 0.3) is 0 Å². The maximum absolute atomic E-state index is 12.0. The summed E-state index contributed by atoms with van der Waals surface area (Å²) in [5.74, 6) is 1.54. The van der Waals surface area contributed by atoms with Gasteiger partial charge in [-0.2, -0.15) is 0 Å². The van der Waals surface area contributed by atoms with Gasteiger partial charge in [-0.05, 0) is 42.9 Å². The van der Waals surface area contributed by atoms with E-state index in [-0.39, 0.29) is 36.5 Å². The summed E-state index contributed by atoms with van der Waals surface area (Å²) >= 11 is 0. The first-order valence-electron chi connectivity index (χ1n) is 6.74. The Morgan fingerprint density at radius 2 is 1.72 bits per heavy atom. The molecule has 1 heterocycles. The number of hydrogen-bond acceptors (Lipinski definition) is 4. The van der Waals surface area contributed by atoms with Gasteiger partial charge in [0.1, 0.15) is 0 Å². The quantitative estimate of drug-likeness (QED) is 0.682. The zero-order chi connectivity index (χ0) is 12.4. The minimum Gasteiger partial charge on any atom is -0.330 e. The first-order chi connectivity index (χ1) is 8.66. The Kier molecular flexibility index (Phi) is 1.95. The Labute approximate surface area is 104 Å². The molecule has 0 spiro atoms. The fraction of sp³-hybridized carbons (Fsp3) is 0.769. The maximum atomic E-state index is 12.0. The molecule has 1 saturated heterocycles. The molecule has 4 fully saturated rings. The van der Waals surface area contributed by atoms with Crippen LogP contribution in [-0.4, -0.2) is 22.8 Å². The van der Waals surface area contributed by atoms with Crippen molar-refractivity contribution in [3.05, 3.63) is 0 Å². The van der Waals surface area contributed by atoms with Gasteiger partial charge in [-0.3, -0.25) is 9.59 Å². The summed E-state index contributed by atoms with van der Waals surface area (Å²) in [7, 11) is 0. The number of nitrogens with zero attached hydrogens (tertiary/aromatic N) is 1. The molecule has 5 atom stereocenters. The van der Waals surface area contributed by atoms with Crippen LogP contribution in [0, 0.1) is 29.6 Å². The highest BCUT2D eigenvalue weighted by Gasteiger charge is 2.66. The molecule has 18 heavy (non-hydrogen) atoms. The van der Waals surface area contributed by atoms with Crippen molar-refractivity contribution in [2.45, 2.75) is 32.1 Å². The molecule has 5 nitrogen and oxygen atoms in total. The molecule has 0 aromatic heterocycles. The molecule has 0 aromatic carbocycles. The maximum Gasteiger partial charge on any atom is 0.336 e. The Morgan fingerprint density at radius 3 is 2.28 bits per heavy atom. The van der Waals surface area contributed by atoms with E-state index < -0.39 is 0 Å². The van der Waals surface area contributed by atoms with Crippen molar-refractivity contribution in [3.8, 4) is 0 Å². The molecule has 5 unspecified atom stereocenters. The lowest BCUT2D eigenvalue weighted by molar-refractivity contribution is -0.237. The summed E-state index contributed by atoms with van der Waals surface area (Å²) in [6.07, 6.45) is 3.76. The fourth-order valence-electron chi connectivity index (χ4n) is 4.27. The van der Waals surface area contributed by atoms with Crippen molar-refractivity contribution in [1.29, 1.82) is 0 Å². The van der Waals surface area contributed by atoms with Crippen molar-refractivity contribution in [3.63, 3.8) is 0 Å². The number of imide groups is 1. The summed E-state index contributed by atoms with van der Waals surface area (Å²) in [6, 6.07) is 0. The van der Waals surface area contributed by atoms with E-state index in [2.05, 4.69) is 0 Å². The minimum atomic E-state index is -0.389. The van der Waals surface area contributed by atoms with Gasteiger partial charge < -0.3 is 4.84 Å². The molecule has 2 amide bonds. The van der Waals surface area contributed by atoms with Gasteiger partial charge in [0.25, 0.3) is 11.8 Å². The summed E-state index contributed by atoms with van der Waals surface area (Å²) < 4.78 is 0. The molecule has 0 aromatic rings. The summed E-state index contributed by atoms with van der Waals surface area (Å²) in [4.78, 5) is 39.7. The van der Waals surface area contributed by atoms with E-state index >= 15 is 0 Å². The van der Waals surface area contributed by atoms with Gasteiger partial charge in [0.15, 0.2) is 0 Å². The van der Waals surface area contributed by atoms with Crippen molar-refractivity contribution >= 4 is 17.8 Å². The Morgan fingerprint density at radius 1 is 1.06 bits per heavy atom. The standard InChI is InChI=1S/C13H15NO4/c15-10-3-4-11(16)14(10)18-13(17)9-5-8-6-1-2-7(6)12(8)9/h6-9,12H,1-5H2. The molecule has 0 N–H and O–H groups in total. The average molecular weight is 249 g/mol. The molecule has 0 bridgehead atoms. The second-order valence-corrected chi connectivity index (χ2v) is 5.98. The molecule has 1 aliphatic heterocycles. The number of hydrogen-bond donors (Lipinski definition) is 0. The number of fused-ring (bicyclic) bond motifs is 4. The van der Waals surface area contributed by atoms with Crippen LogP contribution in [0.3, 0.4) is 0 Å². The lowest BCUT2D eigenvalue weighted by Crippen LogP contribution is -2.65. The van der Waals surface area contributed by atoms with Crippen molar-refractivity contribution < 1.29 is 19.2 Å². The van der Waals surface area contributed by atoms with Gasteiger partial charge in [-0.15, -0.1) is 5.06 Å². The van der Waals surface area contributed by atoms with Crippen LogP contribution in [0.15, 0.2) is 0 Å². The Balaban J connectivity index is 1.40. The molecular formula is C13H15NO4. The van der Waals surface area contributed by atoms with Crippen molar-refractivity contribution in [1.82, 2.24) is 5.06 Å². The summed E-state index contributed by atoms with van der Waals surface area (Å²) in [5, 5.41) is 0.673. The monoisotopic (exact) mass is 249 g/mol. The van der Waals surface area contributed by atoms with Crippen LogP contribution in [-0.2, 0) is 19.2 Å². The third-order valence-corrected chi connectivity index (χ3v) is 5.40. The molecule has 96 valence electrons. The third-order valence-electron chi connectivity index (χ3n) is 5.40. The highest BCUT2D eigenvalue weighted by atomic mass is 16.7. The number of hydroxylamine groups is 2. The third kappa shape index (κ3) is 1.15. The zero-order valence-corrected chi connectivity index (χ0v) is 10.0. The fourth-order valence-corrected chi connectivity index (χ4v) is 4.27. The van der Waals surface area contributed by atoms with E-state index in [4.69, 9.17) is 4.84 Å². The minimum absolute atomic E-state index is 0.0715. The second-order valence-electron chi connectivity index (χ2n) is 5.98. The van der Waals surface area contributed by atoms with E-state index in [0.717, 1.165) is 12.3 Å². The van der Waals surface area contributed by atoms with E-state index in [9.17, 15) is 14.4 Å². The SMILES string of the molecule is O=C(ON1C(=O)CCC1=O)C1CC2C3CCC3C12. The van der Waals surface area contributed by atoms with E-state index in [1.807, 2.05) is 0 Å². The molecule has 0 radical (unpaired) electrons. The number of carbonyl (C=O) groups excluding carboxylic acids is 3. The Bertz CT molecular complexity index is 438. The topological polar surface area (TPSA) is 63.7 Å². The predicted octanol–water partition coefficient (Wildman–Crippen LogP) is 0.886. The van der Waals surface area contributed by atoms with E-state index in [1.165, 1.54) is 12.8 Å². The first-order valence-corrected chi connectivity index (χ1v) is 6.74. The lowest BCUT2D eigenvalue weighted by atomic mass is 9.36. The van der Waals surface area contributed by atoms with Crippen LogP contribution in [0.1, 0.15) is 32.1 Å². The van der Waals surface area contributed by atoms with Gasteiger partial charge in [-0.25, -0.2) is 4.79 Å². The molecule has 4 aliphatic rings. The summed E-state index contributed by atoms with van der Waals surface area (Å²) in [6.45, 7) is 0. The Hall–Kier alpha value is -1.39. The van der Waals surface area contributed by atoms with E-state index in [0.29, 0.717) is 22.8 Å². The van der Waals surface area contributed by atoms with Crippen molar-refractivity contribution in [2.24, 2.45) is 29.6 Å². The molecule has 4 rings (SSSR count). The van der Waals surface area contributed by atoms with Crippen LogP contribution in [0.2, 0.25) is 0 Å². The van der Waals surface area contributed by atoms with Gasteiger partial charge in [0.2, 0.25) is 0 Å². The zero-order valence-electron chi connectivity index (χ0n) is 10.0. The molecule has 3 aliphatic carbocycles. The smallest absolute Gasteiger partial charge is 0.330 e. The largest absolute Gasteiger partial charge is 0.336 e. The van der Waals surface area contributed by atoms with Crippen molar-refractivity contribution in [2.75, 3.05) is 0 Å². The average Bonchev–Trinajstić information content (AvgIpc) is 2.60. The van der Waals surface area contributed by atoms with Crippen LogP contribution in [0.4, 0.5) is 0 Å². The lowest BCUT2D eigenvalue weighted by Gasteiger charge is -2.68. The van der Waals surface area contributed by atoms with Gasteiger partial charge in [-0.1, -0.05) is 0 Å². The highest BCUT2D eigenvalue weighted by Crippen LogP contribution is 2.69. The van der Waals surface area contributed by atoms with Gasteiger partial charge in [0, 0.05) is 12.8 Å². The molecule has 5 heteroatoms. The summed E-state index contributed by atoms with van der Waals surface area (Å²) in [5.41, 5.74) is 0. The normalized spacial score (nSPS) is 44.4. The highest BCUT2D eigenvalue weighted by molar-refractivity contribution is 6.01.